The second kappa shape index (κ2) is 5.57. The average molecular weight is 291 g/mol. The van der Waals surface area contributed by atoms with Crippen molar-refractivity contribution >= 4 is 21.6 Å². The van der Waals surface area contributed by atoms with Crippen molar-refractivity contribution in [2.45, 2.75) is 37.8 Å². The number of nitrogens with one attached hydrogen (secondary N) is 2. The molecule has 1 aromatic rings. The van der Waals surface area contributed by atoms with E-state index >= 15 is 0 Å². The van der Waals surface area contributed by atoms with Gasteiger partial charge in [0.1, 0.15) is 0 Å². The molecule has 0 radical (unpaired) electrons. The highest BCUT2D eigenvalue weighted by Crippen LogP contribution is 2.21. The predicted molar refractivity (Wildman–Crippen MR) is 74.3 cm³/mol. The van der Waals surface area contributed by atoms with Crippen LogP contribution >= 0.6 is 11.6 Å². The zero-order valence-corrected chi connectivity index (χ0v) is 12.6. The van der Waals surface area contributed by atoms with Crippen molar-refractivity contribution in [1.29, 1.82) is 0 Å². The fraction of sp³-hybridized carbons (Fsp3) is 0.500. The van der Waals surface area contributed by atoms with E-state index in [1.165, 1.54) is 6.07 Å². The molecule has 2 N–H and O–H groups in total. The van der Waals surface area contributed by atoms with Crippen molar-refractivity contribution in [3.63, 3.8) is 0 Å². The van der Waals surface area contributed by atoms with Crippen molar-refractivity contribution in [1.82, 2.24) is 10.0 Å². The van der Waals surface area contributed by atoms with Gasteiger partial charge in [0.25, 0.3) is 0 Å². The third-order valence-electron chi connectivity index (χ3n) is 2.14. The molecule has 0 bridgehead atoms. The summed E-state index contributed by atoms with van der Waals surface area (Å²) in [7, 11) is -1.72. The van der Waals surface area contributed by atoms with Crippen LogP contribution in [-0.2, 0) is 16.6 Å². The van der Waals surface area contributed by atoms with E-state index in [0.717, 1.165) is 5.56 Å². The summed E-state index contributed by atoms with van der Waals surface area (Å²) < 4.78 is 26.8. The first-order chi connectivity index (χ1) is 8.15. The second-order valence-corrected chi connectivity index (χ2v) is 7.23. The lowest BCUT2D eigenvalue weighted by atomic mass is 10.1. The lowest BCUT2D eigenvalue weighted by Crippen LogP contribution is -2.40. The van der Waals surface area contributed by atoms with E-state index in [-0.39, 0.29) is 4.90 Å². The maximum absolute atomic E-state index is 12.1. The molecule has 0 saturated carbocycles. The van der Waals surface area contributed by atoms with Crippen LogP contribution in [0.5, 0.6) is 0 Å². The Morgan fingerprint density at radius 2 is 1.89 bits per heavy atom. The summed E-state index contributed by atoms with van der Waals surface area (Å²) in [5.74, 6) is 0. The van der Waals surface area contributed by atoms with Gasteiger partial charge in [0, 0.05) is 17.1 Å². The molecule has 1 aromatic carbocycles. The molecule has 0 spiro atoms. The molecule has 0 aromatic heterocycles. The third-order valence-corrected chi connectivity index (χ3v) is 4.25. The molecule has 0 fully saturated rings. The van der Waals surface area contributed by atoms with Gasteiger partial charge in [-0.15, -0.1) is 0 Å². The van der Waals surface area contributed by atoms with E-state index in [1.54, 1.807) is 32.9 Å². The van der Waals surface area contributed by atoms with Gasteiger partial charge >= 0.3 is 0 Å². The van der Waals surface area contributed by atoms with Crippen LogP contribution in [0.4, 0.5) is 0 Å². The molecule has 18 heavy (non-hydrogen) atoms. The van der Waals surface area contributed by atoms with Crippen LogP contribution in [0.2, 0.25) is 5.02 Å². The first kappa shape index (κ1) is 15.4. The average Bonchev–Trinajstić information content (AvgIpc) is 2.17. The van der Waals surface area contributed by atoms with Crippen LogP contribution < -0.4 is 10.0 Å². The standard InChI is InChI=1S/C12H19ClN2O2S/c1-12(2,3)15-18(16,17)10-6-5-9(8-14-4)11(13)7-10/h5-7,14-15H,8H2,1-4H3. The topological polar surface area (TPSA) is 58.2 Å². The van der Waals surface area contributed by atoms with Gasteiger partial charge in [-0.1, -0.05) is 17.7 Å². The highest BCUT2D eigenvalue weighted by atomic mass is 35.5. The molecule has 6 heteroatoms. The highest BCUT2D eigenvalue weighted by molar-refractivity contribution is 7.89. The summed E-state index contributed by atoms with van der Waals surface area (Å²) in [6, 6.07) is 4.75. The summed E-state index contributed by atoms with van der Waals surface area (Å²) in [5.41, 5.74) is 0.350. The molecule has 0 heterocycles. The number of sulfonamides is 1. The molecular weight excluding hydrogens is 272 g/mol. The van der Waals surface area contributed by atoms with Gasteiger partial charge in [0.05, 0.1) is 4.90 Å². The molecule has 4 nitrogen and oxygen atoms in total. The SMILES string of the molecule is CNCc1ccc(S(=O)(=O)NC(C)(C)C)cc1Cl. The molecule has 1 rings (SSSR count). The largest absolute Gasteiger partial charge is 0.316 e. The van der Waals surface area contributed by atoms with E-state index in [0.29, 0.717) is 11.6 Å². The molecule has 0 unspecified atom stereocenters. The van der Waals surface area contributed by atoms with Gasteiger partial charge in [-0.05, 0) is 45.5 Å². The number of halogens is 1. The molecule has 0 atom stereocenters. The van der Waals surface area contributed by atoms with Crippen molar-refractivity contribution in [2.24, 2.45) is 0 Å². The van der Waals surface area contributed by atoms with E-state index in [9.17, 15) is 8.42 Å². The molecule has 0 aliphatic carbocycles. The Kier molecular flexibility index (Phi) is 4.78. The minimum atomic E-state index is -3.53. The van der Waals surface area contributed by atoms with Crippen LogP contribution in [0.3, 0.4) is 0 Å². The summed E-state index contributed by atoms with van der Waals surface area (Å²) in [4.78, 5) is 0.183. The van der Waals surface area contributed by atoms with Crippen molar-refractivity contribution in [3.05, 3.63) is 28.8 Å². The van der Waals surface area contributed by atoms with Gasteiger partial charge < -0.3 is 5.32 Å². The maximum Gasteiger partial charge on any atom is 0.241 e. The van der Waals surface area contributed by atoms with Crippen molar-refractivity contribution < 1.29 is 8.42 Å². The Bertz CT molecular complexity index is 521. The summed E-state index contributed by atoms with van der Waals surface area (Å²) in [6.07, 6.45) is 0. The van der Waals surface area contributed by atoms with Gasteiger partial charge in [0.2, 0.25) is 10.0 Å². The summed E-state index contributed by atoms with van der Waals surface area (Å²) in [6.45, 7) is 5.98. The lowest BCUT2D eigenvalue weighted by molar-refractivity contribution is 0.491. The highest BCUT2D eigenvalue weighted by Gasteiger charge is 2.22. The summed E-state index contributed by atoms with van der Waals surface area (Å²) >= 11 is 6.05. The molecule has 0 saturated heterocycles. The molecule has 0 aliphatic rings. The Morgan fingerprint density at radius 1 is 1.28 bits per heavy atom. The third kappa shape index (κ3) is 4.24. The van der Waals surface area contributed by atoms with Gasteiger partial charge in [-0.3, -0.25) is 0 Å². The molecule has 102 valence electrons. The van der Waals surface area contributed by atoms with Gasteiger partial charge in [-0.25, -0.2) is 13.1 Å². The van der Waals surface area contributed by atoms with Crippen LogP contribution in [0, 0.1) is 0 Å². The Hall–Kier alpha value is -0.620. The normalized spacial score (nSPS) is 12.7. The predicted octanol–water partition coefficient (Wildman–Crippen LogP) is 2.14. The van der Waals surface area contributed by atoms with Gasteiger partial charge in [-0.2, -0.15) is 0 Å². The van der Waals surface area contributed by atoms with Gasteiger partial charge in [0.15, 0.2) is 0 Å². The fourth-order valence-corrected chi connectivity index (χ4v) is 3.25. The second-order valence-electron chi connectivity index (χ2n) is 5.14. The van der Waals surface area contributed by atoms with Crippen molar-refractivity contribution in [3.8, 4) is 0 Å². The lowest BCUT2D eigenvalue weighted by Gasteiger charge is -2.20. The van der Waals surface area contributed by atoms with E-state index in [4.69, 9.17) is 11.6 Å². The quantitative estimate of drug-likeness (QED) is 0.893. The maximum atomic E-state index is 12.1. The smallest absolute Gasteiger partial charge is 0.241 e. The van der Waals surface area contributed by atoms with E-state index in [1.807, 2.05) is 7.05 Å². The molecular formula is C12H19ClN2O2S. The fourth-order valence-electron chi connectivity index (χ4n) is 1.49. The summed E-state index contributed by atoms with van der Waals surface area (Å²) in [5, 5.41) is 3.42. The van der Waals surface area contributed by atoms with Crippen LogP contribution in [0.25, 0.3) is 0 Å². The molecule has 0 aliphatic heterocycles. The van der Waals surface area contributed by atoms with Crippen LogP contribution in [0.15, 0.2) is 23.1 Å². The van der Waals surface area contributed by atoms with Crippen LogP contribution in [-0.4, -0.2) is 21.0 Å². The first-order valence-corrected chi connectivity index (χ1v) is 7.49. The van der Waals surface area contributed by atoms with Crippen LogP contribution in [0.1, 0.15) is 26.3 Å². The van der Waals surface area contributed by atoms with Crippen molar-refractivity contribution in [2.75, 3.05) is 7.05 Å². The monoisotopic (exact) mass is 290 g/mol. The Balaban J connectivity index is 3.08. The Labute approximate surface area is 114 Å². The zero-order chi connectivity index (χ0) is 14.0. The number of hydrogen-bond donors (Lipinski definition) is 2. The number of benzene rings is 1. The van der Waals surface area contributed by atoms with E-state index < -0.39 is 15.6 Å². The minimum Gasteiger partial charge on any atom is -0.316 e. The molecule has 0 amide bonds. The Morgan fingerprint density at radius 3 is 2.33 bits per heavy atom. The first-order valence-electron chi connectivity index (χ1n) is 5.63. The zero-order valence-electron chi connectivity index (χ0n) is 11.0. The number of hydrogen-bond acceptors (Lipinski definition) is 3. The minimum absolute atomic E-state index is 0.183. The number of rotatable bonds is 4. The van der Waals surface area contributed by atoms with E-state index in [2.05, 4.69) is 10.0 Å².